The van der Waals surface area contributed by atoms with Gasteiger partial charge < -0.3 is 4.57 Å². The Hall–Kier alpha value is -2.01. The van der Waals surface area contributed by atoms with E-state index in [0.29, 0.717) is 16.7 Å². The predicted octanol–water partition coefficient (Wildman–Crippen LogP) is 2.15. The normalized spacial score (nSPS) is 11.4. The van der Waals surface area contributed by atoms with Crippen molar-refractivity contribution >= 4 is 33.5 Å². The SMILES string of the molecule is Cc1nc(Cl)c2cc3c(cc2n1)nc(C)c(=O)n3C. The summed E-state index contributed by atoms with van der Waals surface area (Å²) >= 11 is 6.13. The summed E-state index contributed by atoms with van der Waals surface area (Å²) in [6.45, 7) is 3.49. The van der Waals surface area contributed by atoms with Gasteiger partial charge in [-0.3, -0.25) is 4.79 Å². The van der Waals surface area contributed by atoms with Gasteiger partial charge in [0.05, 0.1) is 16.6 Å². The van der Waals surface area contributed by atoms with Crippen LogP contribution in [0.5, 0.6) is 0 Å². The molecular weight excluding hydrogens is 264 g/mol. The van der Waals surface area contributed by atoms with E-state index in [9.17, 15) is 4.79 Å². The molecule has 5 nitrogen and oxygen atoms in total. The smallest absolute Gasteiger partial charge is 0.272 e. The fourth-order valence-corrected chi connectivity index (χ4v) is 2.44. The Morgan fingerprint density at radius 1 is 1.11 bits per heavy atom. The monoisotopic (exact) mass is 274 g/mol. The van der Waals surface area contributed by atoms with E-state index in [1.807, 2.05) is 6.07 Å². The van der Waals surface area contributed by atoms with Crippen molar-refractivity contribution in [2.45, 2.75) is 13.8 Å². The molecule has 0 aliphatic carbocycles. The first-order chi connectivity index (χ1) is 8.97. The van der Waals surface area contributed by atoms with Crippen LogP contribution in [-0.2, 0) is 7.05 Å². The Morgan fingerprint density at radius 2 is 1.84 bits per heavy atom. The van der Waals surface area contributed by atoms with E-state index in [0.717, 1.165) is 21.9 Å². The molecule has 0 fully saturated rings. The molecule has 0 unspecified atom stereocenters. The summed E-state index contributed by atoms with van der Waals surface area (Å²) in [5.74, 6) is 0.610. The van der Waals surface area contributed by atoms with Crippen LogP contribution in [0.15, 0.2) is 16.9 Å². The molecule has 0 saturated carbocycles. The van der Waals surface area contributed by atoms with Crippen molar-refractivity contribution in [1.29, 1.82) is 0 Å². The first kappa shape index (κ1) is 12.0. The van der Waals surface area contributed by atoms with Gasteiger partial charge in [0, 0.05) is 12.4 Å². The number of nitrogens with zero attached hydrogens (tertiary/aromatic N) is 4. The van der Waals surface area contributed by atoms with Crippen molar-refractivity contribution < 1.29 is 0 Å². The number of aryl methyl sites for hydroxylation is 3. The highest BCUT2D eigenvalue weighted by atomic mass is 35.5. The third-order valence-electron chi connectivity index (χ3n) is 3.12. The van der Waals surface area contributed by atoms with Gasteiger partial charge in [-0.1, -0.05) is 11.6 Å². The molecule has 0 radical (unpaired) electrons. The lowest BCUT2D eigenvalue weighted by molar-refractivity contribution is 0.872. The minimum absolute atomic E-state index is 0.115. The molecule has 0 N–H and O–H groups in total. The molecule has 19 heavy (non-hydrogen) atoms. The summed E-state index contributed by atoms with van der Waals surface area (Å²) in [7, 11) is 1.72. The lowest BCUT2D eigenvalue weighted by Crippen LogP contribution is -2.21. The molecule has 3 rings (SSSR count). The molecule has 2 heterocycles. The fourth-order valence-electron chi connectivity index (χ4n) is 2.16. The Bertz CT molecular complexity index is 885. The highest BCUT2D eigenvalue weighted by molar-refractivity contribution is 6.34. The second-order valence-corrected chi connectivity index (χ2v) is 4.84. The van der Waals surface area contributed by atoms with Gasteiger partial charge in [0.15, 0.2) is 0 Å². The maximum absolute atomic E-state index is 11.9. The van der Waals surface area contributed by atoms with Crippen LogP contribution in [0.2, 0.25) is 5.15 Å². The highest BCUT2D eigenvalue weighted by Crippen LogP contribution is 2.24. The number of aromatic nitrogens is 4. The van der Waals surface area contributed by atoms with Gasteiger partial charge in [0.2, 0.25) is 0 Å². The van der Waals surface area contributed by atoms with Crippen LogP contribution in [0, 0.1) is 13.8 Å². The van der Waals surface area contributed by atoms with E-state index >= 15 is 0 Å². The Balaban J connectivity index is 2.56. The van der Waals surface area contributed by atoms with Crippen molar-refractivity contribution in [2.24, 2.45) is 7.05 Å². The topological polar surface area (TPSA) is 60.7 Å². The summed E-state index contributed by atoms with van der Waals surface area (Å²) in [6, 6.07) is 3.64. The third-order valence-corrected chi connectivity index (χ3v) is 3.41. The molecule has 1 aromatic carbocycles. The summed E-state index contributed by atoms with van der Waals surface area (Å²) < 4.78 is 1.56. The molecule has 96 valence electrons. The maximum atomic E-state index is 11.9. The lowest BCUT2D eigenvalue weighted by Gasteiger charge is -2.08. The number of benzene rings is 1. The van der Waals surface area contributed by atoms with E-state index in [1.54, 1.807) is 31.5 Å². The van der Waals surface area contributed by atoms with E-state index in [2.05, 4.69) is 15.0 Å². The summed E-state index contributed by atoms with van der Waals surface area (Å²) in [6.07, 6.45) is 0. The number of rotatable bonds is 0. The van der Waals surface area contributed by atoms with Gasteiger partial charge >= 0.3 is 0 Å². The maximum Gasteiger partial charge on any atom is 0.272 e. The Kier molecular flexibility index (Phi) is 2.53. The Labute approximate surface area is 113 Å². The molecule has 0 spiro atoms. The van der Waals surface area contributed by atoms with Crippen molar-refractivity contribution in [1.82, 2.24) is 19.5 Å². The largest absolute Gasteiger partial charge is 0.308 e. The van der Waals surface area contributed by atoms with E-state index in [4.69, 9.17) is 11.6 Å². The fraction of sp³-hybridized carbons (Fsp3) is 0.231. The van der Waals surface area contributed by atoms with Crippen LogP contribution in [-0.4, -0.2) is 19.5 Å². The zero-order valence-corrected chi connectivity index (χ0v) is 11.5. The minimum atomic E-state index is -0.115. The predicted molar refractivity (Wildman–Crippen MR) is 74.6 cm³/mol. The molecule has 0 aliphatic heterocycles. The minimum Gasteiger partial charge on any atom is -0.308 e. The molecular formula is C13H11ClN4O. The van der Waals surface area contributed by atoms with Gasteiger partial charge in [-0.15, -0.1) is 0 Å². The molecule has 0 saturated heterocycles. The number of halogens is 1. The van der Waals surface area contributed by atoms with Crippen molar-refractivity contribution in [3.63, 3.8) is 0 Å². The second-order valence-electron chi connectivity index (χ2n) is 4.48. The van der Waals surface area contributed by atoms with Crippen LogP contribution in [0.4, 0.5) is 0 Å². The standard InChI is InChI=1S/C13H11ClN4O/c1-6-13(19)18(3)11-4-8-9(5-10(11)15-6)16-7(2)17-12(8)14/h4-5H,1-3H3. The van der Waals surface area contributed by atoms with Gasteiger partial charge in [-0.2, -0.15) is 0 Å². The zero-order chi connectivity index (χ0) is 13.7. The van der Waals surface area contributed by atoms with E-state index in [-0.39, 0.29) is 5.56 Å². The van der Waals surface area contributed by atoms with Gasteiger partial charge in [0.25, 0.3) is 5.56 Å². The van der Waals surface area contributed by atoms with Gasteiger partial charge in [0.1, 0.15) is 16.7 Å². The van der Waals surface area contributed by atoms with Crippen molar-refractivity contribution in [3.05, 3.63) is 39.2 Å². The van der Waals surface area contributed by atoms with Gasteiger partial charge in [-0.05, 0) is 26.0 Å². The summed E-state index contributed by atoms with van der Waals surface area (Å²) in [5.41, 5.74) is 2.52. The summed E-state index contributed by atoms with van der Waals surface area (Å²) in [5, 5.41) is 1.11. The van der Waals surface area contributed by atoms with Crippen molar-refractivity contribution in [2.75, 3.05) is 0 Å². The number of fused-ring (bicyclic) bond motifs is 2. The average Bonchev–Trinajstić information content (AvgIpc) is 2.34. The number of hydrogen-bond acceptors (Lipinski definition) is 4. The number of hydrogen-bond donors (Lipinski definition) is 0. The first-order valence-corrected chi connectivity index (χ1v) is 6.16. The quantitative estimate of drug-likeness (QED) is 0.465. The van der Waals surface area contributed by atoms with E-state index < -0.39 is 0 Å². The second kappa shape index (κ2) is 3.99. The van der Waals surface area contributed by atoms with Crippen LogP contribution >= 0.6 is 11.6 Å². The molecule has 0 bridgehead atoms. The van der Waals surface area contributed by atoms with Crippen LogP contribution in [0.1, 0.15) is 11.5 Å². The summed E-state index contributed by atoms with van der Waals surface area (Å²) in [4.78, 5) is 24.7. The van der Waals surface area contributed by atoms with Crippen LogP contribution in [0.25, 0.3) is 21.9 Å². The van der Waals surface area contributed by atoms with E-state index in [1.165, 1.54) is 0 Å². The zero-order valence-electron chi connectivity index (χ0n) is 10.7. The molecule has 3 aromatic rings. The molecule has 0 aliphatic rings. The highest BCUT2D eigenvalue weighted by Gasteiger charge is 2.10. The van der Waals surface area contributed by atoms with Crippen LogP contribution in [0.3, 0.4) is 0 Å². The average molecular weight is 275 g/mol. The van der Waals surface area contributed by atoms with Crippen molar-refractivity contribution in [3.8, 4) is 0 Å². The Morgan fingerprint density at radius 3 is 2.58 bits per heavy atom. The molecule has 2 aromatic heterocycles. The molecule has 0 atom stereocenters. The molecule has 0 amide bonds. The van der Waals surface area contributed by atoms with Crippen LogP contribution < -0.4 is 5.56 Å². The third kappa shape index (κ3) is 1.77. The lowest BCUT2D eigenvalue weighted by atomic mass is 10.2. The first-order valence-electron chi connectivity index (χ1n) is 5.78. The van der Waals surface area contributed by atoms with Gasteiger partial charge in [-0.25, -0.2) is 15.0 Å². The molecule has 6 heteroatoms.